The van der Waals surface area contributed by atoms with Crippen molar-refractivity contribution >= 4 is 11.9 Å². The van der Waals surface area contributed by atoms with E-state index in [9.17, 15) is 9.59 Å². The number of hydrogen-bond donors (Lipinski definition) is 1. The van der Waals surface area contributed by atoms with Gasteiger partial charge < -0.3 is 9.84 Å². The summed E-state index contributed by atoms with van der Waals surface area (Å²) in [4.78, 5) is 22.3. The van der Waals surface area contributed by atoms with Crippen molar-refractivity contribution in [2.24, 2.45) is 0 Å². The number of hydrogen-bond acceptors (Lipinski definition) is 3. The minimum atomic E-state index is -1.23. The Kier molecular flexibility index (Phi) is 3.85. The van der Waals surface area contributed by atoms with Crippen molar-refractivity contribution in [3.05, 3.63) is 35.9 Å². The molecule has 1 unspecified atom stereocenters. The van der Waals surface area contributed by atoms with E-state index in [4.69, 9.17) is 9.84 Å². The average molecular weight is 208 g/mol. The zero-order valence-corrected chi connectivity index (χ0v) is 8.34. The Morgan fingerprint density at radius 3 is 2.40 bits per heavy atom. The highest BCUT2D eigenvalue weighted by atomic mass is 16.5. The Bertz CT molecular complexity index is 345. The molecule has 1 aromatic rings. The molecule has 0 saturated heterocycles. The van der Waals surface area contributed by atoms with Crippen molar-refractivity contribution in [1.82, 2.24) is 0 Å². The van der Waals surface area contributed by atoms with Crippen LogP contribution in [0.15, 0.2) is 30.3 Å². The molecule has 0 saturated carbocycles. The third kappa shape index (κ3) is 2.80. The zero-order chi connectivity index (χ0) is 11.3. The first-order chi connectivity index (χ1) is 7.16. The van der Waals surface area contributed by atoms with Crippen LogP contribution in [0.25, 0.3) is 0 Å². The molecule has 1 rings (SSSR count). The fourth-order valence-electron chi connectivity index (χ4n) is 1.25. The van der Waals surface area contributed by atoms with E-state index in [0.29, 0.717) is 5.56 Å². The molecule has 0 bridgehead atoms. The fourth-order valence-corrected chi connectivity index (χ4v) is 1.25. The zero-order valence-electron chi connectivity index (χ0n) is 8.34. The topological polar surface area (TPSA) is 63.6 Å². The lowest BCUT2D eigenvalue weighted by Crippen LogP contribution is -2.23. The lowest BCUT2D eigenvalue weighted by Gasteiger charge is -2.10. The minimum absolute atomic E-state index is 0.176. The van der Waals surface area contributed by atoms with E-state index in [0.717, 1.165) is 0 Å². The molecule has 0 radical (unpaired) electrons. The normalized spacial score (nSPS) is 11.8. The van der Waals surface area contributed by atoms with E-state index < -0.39 is 17.9 Å². The Morgan fingerprint density at radius 1 is 1.33 bits per heavy atom. The number of benzene rings is 1. The van der Waals surface area contributed by atoms with Gasteiger partial charge in [-0.25, -0.2) is 0 Å². The van der Waals surface area contributed by atoms with Crippen molar-refractivity contribution in [1.29, 1.82) is 0 Å². The molecule has 1 atom stereocenters. The van der Waals surface area contributed by atoms with Crippen LogP contribution in [0, 0.1) is 0 Å². The molecule has 0 aliphatic rings. The highest BCUT2D eigenvalue weighted by Gasteiger charge is 2.29. The summed E-state index contributed by atoms with van der Waals surface area (Å²) in [6.45, 7) is 1.82. The maximum absolute atomic E-state index is 11.4. The summed E-state index contributed by atoms with van der Waals surface area (Å²) in [5.41, 5.74) is 0.434. The van der Waals surface area contributed by atoms with Crippen molar-refractivity contribution in [3.63, 3.8) is 0 Å². The second-order valence-electron chi connectivity index (χ2n) is 2.93. The lowest BCUT2D eigenvalue weighted by atomic mass is 10.00. The molecule has 0 heterocycles. The number of carboxylic acids is 1. The first-order valence-electron chi connectivity index (χ1n) is 4.61. The SMILES string of the molecule is CCOC(=O)C(C(=O)O)c1ccccc1. The van der Waals surface area contributed by atoms with Gasteiger partial charge in [0.2, 0.25) is 0 Å². The van der Waals surface area contributed by atoms with E-state index in [1.54, 1.807) is 37.3 Å². The summed E-state index contributed by atoms with van der Waals surface area (Å²) < 4.78 is 4.70. The number of ether oxygens (including phenoxy) is 1. The third-order valence-corrected chi connectivity index (χ3v) is 1.90. The van der Waals surface area contributed by atoms with E-state index in [1.807, 2.05) is 0 Å². The van der Waals surface area contributed by atoms with Crippen LogP contribution < -0.4 is 0 Å². The highest BCUT2D eigenvalue weighted by Crippen LogP contribution is 2.17. The molecule has 0 spiro atoms. The summed E-state index contributed by atoms with van der Waals surface area (Å²) in [6.07, 6.45) is 0. The third-order valence-electron chi connectivity index (χ3n) is 1.90. The van der Waals surface area contributed by atoms with Crippen LogP contribution in [-0.4, -0.2) is 23.7 Å². The van der Waals surface area contributed by atoms with Crippen molar-refractivity contribution in [3.8, 4) is 0 Å². The van der Waals surface area contributed by atoms with Gasteiger partial charge in [-0.15, -0.1) is 0 Å². The van der Waals surface area contributed by atoms with Crippen LogP contribution in [0.3, 0.4) is 0 Å². The molecule has 0 aliphatic carbocycles. The monoisotopic (exact) mass is 208 g/mol. The quantitative estimate of drug-likeness (QED) is 0.600. The molecule has 4 nitrogen and oxygen atoms in total. The first kappa shape index (κ1) is 11.2. The van der Waals surface area contributed by atoms with Gasteiger partial charge in [-0.05, 0) is 12.5 Å². The standard InChI is InChI=1S/C11H12O4/c1-2-15-11(14)9(10(12)13)8-6-4-3-5-7-8/h3-7,9H,2H2,1H3,(H,12,13). The smallest absolute Gasteiger partial charge is 0.324 e. The molecule has 15 heavy (non-hydrogen) atoms. The molecule has 0 amide bonds. The minimum Gasteiger partial charge on any atom is -0.480 e. The van der Waals surface area contributed by atoms with Crippen LogP contribution in [-0.2, 0) is 14.3 Å². The van der Waals surface area contributed by atoms with E-state index in [2.05, 4.69) is 0 Å². The van der Waals surface area contributed by atoms with Gasteiger partial charge >= 0.3 is 11.9 Å². The summed E-state index contributed by atoms with van der Waals surface area (Å²) in [6, 6.07) is 8.31. The second-order valence-corrected chi connectivity index (χ2v) is 2.93. The number of carbonyl (C=O) groups excluding carboxylic acids is 1. The summed E-state index contributed by atoms with van der Waals surface area (Å²) in [7, 11) is 0. The largest absolute Gasteiger partial charge is 0.480 e. The summed E-state index contributed by atoms with van der Waals surface area (Å²) >= 11 is 0. The maximum atomic E-state index is 11.4. The number of carbonyl (C=O) groups is 2. The van der Waals surface area contributed by atoms with Gasteiger partial charge in [0.05, 0.1) is 6.61 Å². The molecule has 1 aromatic carbocycles. The maximum Gasteiger partial charge on any atom is 0.324 e. The van der Waals surface area contributed by atoms with Gasteiger partial charge in [-0.3, -0.25) is 9.59 Å². The molecular weight excluding hydrogens is 196 g/mol. The molecule has 0 aliphatic heterocycles. The molecule has 1 N–H and O–H groups in total. The highest BCUT2D eigenvalue weighted by molar-refractivity contribution is 5.99. The van der Waals surface area contributed by atoms with Crippen LogP contribution in [0.4, 0.5) is 0 Å². The van der Waals surface area contributed by atoms with Gasteiger partial charge in [0, 0.05) is 0 Å². The Hall–Kier alpha value is -1.84. The summed E-state index contributed by atoms with van der Waals surface area (Å²) in [5.74, 6) is -3.15. The van der Waals surface area contributed by atoms with Gasteiger partial charge in [-0.2, -0.15) is 0 Å². The van der Waals surface area contributed by atoms with E-state index in [1.165, 1.54) is 0 Å². The van der Waals surface area contributed by atoms with Crippen LogP contribution in [0.1, 0.15) is 18.4 Å². The average Bonchev–Trinajstić information content (AvgIpc) is 2.19. The van der Waals surface area contributed by atoms with Gasteiger partial charge in [0.15, 0.2) is 5.92 Å². The second kappa shape index (κ2) is 5.14. The van der Waals surface area contributed by atoms with E-state index >= 15 is 0 Å². The van der Waals surface area contributed by atoms with Crippen LogP contribution in [0.5, 0.6) is 0 Å². The molecule has 80 valence electrons. The van der Waals surface area contributed by atoms with E-state index in [-0.39, 0.29) is 6.61 Å². The molecule has 0 fully saturated rings. The van der Waals surface area contributed by atoms with Crippen molar-refractivity contribution < 1.29 is 19.4 Å². The Morgan fingerprint density at radius 2 is 1.93 bits per heavy atom. The Labute approximate surface area is 87.5 Å². The Balaban J connectivity index is 2.94. The fraction of sp³-hybridized carbons (Fsp3) is 0.273. The van der Waals surface area contributed by atoms with Crippen molar-refractivity contribution in [2.45, 2.75) is 12.8 Å². The first-order valence-corrected chi connectivity index (χ1v) is 4.61. The molecular formula is C11H12O4. The lowest BCUT2D eigenvalue weighted by molar-refractivity contribution is -0.153. The predicted molar refractivity (Wildman–Crippen MR) is 53.5 cm³/mol. The van der Waals surface area contributed by atoms with Crippen LogP contribution >= 0.6 is 0 Å². The molecule has 0 aromatic heterocycles. The number of aliphatic carboxylic acids is 1. The summed E-state index contributed by atoms with van der Waals surface area (Å²) in [5, 5.41) is 8.92. The molecule has 4 heteroatoms. The van der Waals surface area contributed by atoms with Gasteiger partial charge in [-0.1, -0.05) is 30.3 Å². The van der Waals surface area contributed by atoms with Crippen LogP contribution in [0.2, 0.25) is 0 Å². The number of rotatable bonds is 4. The predicted octanol–water partition coefficient (Wildman–Crippen LogP) is 1.42. The number of esters is 1. The van der Waals surface area contributed by atoms with Gasteiger partial charge in [0.25, 0.3) is 0 Å². The van der Waals surface area contributed by atoms with Gasteiger partial charge in [0.1, 0.15) is 0 Å². The number of carboxylic acid groups (broad SMARTS) is 1. The van der Waals surface area contributed by atoms with Crippen molar-refractivity contribution in [2.75, 3.05) is 6.61 Å².